The SMILES string of the molecule is CCCCc1ccc(C(=O)N(CCN2CCN(c3ccccc3OC)CC2)c2ccccn2)cc1. The van der Waals surface area contributed by atoms with Crippen LogP contribution < -0.4 is 14.5 Å². The van der Waals surface area contributed by atoms with Crippen molar-refractivity contribution in [3.63, 3.8) is 0 Å². The van der Waals surface area contributed by atoms with Crippen molar-refractivity contribution in [1.82, 2.24) is 9.88 Å². The Hall–Kier alpha value is -3.38. The lowest BCUT2D eigenvalue weighted by Crippen LogP contribution is -2.49. The van der Waals surface area contributed by atoms with Crippen LogP contribution in [0.3, 0.4) is 0 Å². The number of carbonyl (C=O) groups is 1. The lowest BCUT2D eigenvalue weighted by molar-refractivity contribution is 0.0982. The summed E-state index contributed by atoms with van der Waals surface area (Å²) < 4.78 is 5.54. The maximum Gasteiger partial charge on any atom is 0.259 e. The zero-order valence-corrected chi connectivity index (χ0v) is 20.9. The molecule has 0 radical (unpaired) electrons. The van der Waals surface area contributed by atoms with E-state index < -0.39 is 0 Å². The number of aromatic nitrogens is 1. The molecule has 6 nitrogen and oxygen atoms in total. The molecular formula is C29H36N4O2. The highest BCUT2D eigenvalue weighted by molar-refractivity contribution is 6.05. The Balaban J connectivity index is 1.39. The number of anilines is 2. The molecule has 3 aromatic rings. The molecule has 35 heavy (non-hydrogen) atoms. The molecule has 0 atom stereocenters. The number of benzene rings is 2. The van der Waals surface area contributed by atoms with Crippen LogP contribution in [0.25, 0.3) is 0 Å². The Morgan fingerprint density at radius 2 is 1.71 bits per heavy atom. The van der Waals surface area contributed by atoms with Gasteiger partial charge < -0.3 is 9.64 Å². The van der Waals surface area contributed by atoms with Crippen LogP contribution in [0.4, 0.5) is 11.5 Å². The molecule has 1 aliphatic rings. The predicted octanol–water partition coefficient (Wildman–Crippen LogP) is 4.90. The number of para-hydroxylation sites is 2. The molecule has 0 unspecified atom stereocenters. The fraction of sp³-hybridized carbons (Fsp3) is 0.379. The standard InChI is InChI=1S/C29H36N4O2/c1-3-4-9-24-13-15-25(16-14-24)29(34)33(28-12-7-8-17-30-28)23-20-31-18-21-32(22-19-31)26-10-5-6-11-27(26)35-2/h5-8,10-17H,3-4,9,18-23H2,1-2H3. The van der Waals surface area contributed by atoms with Crippen LogP contribution in [-0.2, 0) is 6.42 Å². The van der Waals surface area contributed by atoms with Crippen molar-refractivity contribution in [3.05, 3.63) is 84.1 Å². The zero-order valence-electron chi connectivity index (χ0n) is 20.9. The zero-order chi connectivity index (χ0) is 24.5. The topological polar surface area (TPSA) is 48.9 Å². The second-order valence-corrected chi connectivity index (χ2v) is 8.95. The average molecular weight is 473 g/mol. The Labute approximate surface area is 209 Å². The number of carbonyl (C=O) groups excluding carboxylic acids is 1. The molecule has 1 fully saturated rings. The number of methoxy groups -OCH3 is 1. The molecule has 2 aromatic carbocycles. The molecular weight excluding hydrogens is 436 g/mol. The molecule has 0 bridgehead atoms. The first kappa shape index (κ1) is 24.7. The molecule has 184 valence electrons. The van der Waals surface area contributed by atoms with Crippen LogP contribution >= 0.6 is 0 Å². The quantitative estimate of drug-likeness (QED) is 0.420. The number of aryl methyl sites for hydroxylation is 1. The fourth-order valence-corrected chi connectivity index (χ4v) is 4.53. The molecule has 1 amide bonds. The van der Waals surface area contributed by atoms with Gasteiger partial charge in [0, 0.05) is 51.0 Å². The van der Waals surface area contributed by atoms with Gasteiger partial charge in [-0.25, -0.2) is 4.98 Å². The van der Waals surface area contributed by atoms with Crippen molar-refractivity contribution in [3.8, 4) is 5.75 Å². The summed E-state index contributed by atoms with van der Waals surface area (Å²) in [5, 5.41) is 0. The van der Waals surface area contributed by atoms with E-state index in [2.05, 4.69) is 46.0 Å². The highest BCUT2D eigenvalue weighted by Gasteiger charge is 2.23. The van der Waals surface area contributed by atoms with E-state index in [-0.39, 0.29) is 5.91 Å². The van der Waals surface area contributed by atoms with Crippen LogP contribution in [-0.4, -0.2) is 62.2 Å². The van der Waals surface area contributed by atoms with Crippen molar-refractivity contribution in [2.75, 3.05) is 56.2 Å². The van der Waals surface area contributed by atoms with Gasteiger partial charge in [-0.1, -0.05) is 43.7 Å². The summed E-state index contributed by atoms with van der Waals surface area (Å²) in [5.41, 5.74) is 3.12. The van der Waals surface area contributed by atoms with Crippen molar-refractivity contribution in [2.45, 2.75) is 26.2 Å². The minimum Gasteiger partial charge on any atom is -0.495 e. The third-order valence-corrected chi connectivity index (χ3v) is 6.63. The van der Waals surface area contributed by atoms with Gasteiger partial charge in [-0.05, 0) is 54.8 Å². The molecule has 0 N–H and O–H groups in total. The first-order valence-electron chi connectivity index (χ1n) is 12.6. The highest BCUT2D eigenvalue weighted by Crippen LogP contribution is 2.28. The third-order valence-electron chi connectivity index (χ3n) is 6.63. The minimum absolute atomic E-state index is 0.00148. The Kier molecular flexibility index (Phi) is 8.74. The second-order valence-electron chi connectivity index (χ2n) is 8.95. The highest BCUT2D eigenvalue weighted by atomic mass is 16.5. The van der Waals surface area contributed by atoms with Gasteiger partial charge in [0.2, 0.25) is 0 Å². The molecule has 6 heteroatoms. The molecule has 0 spiro atoms. The second kappa shape index (κ2) is 12.4. The molecule has 1 saturated heterocycles. The number of nitrogens with zero attached hydrogens (tertiary/aromatic N) is 4. The molecule has 2 heterocycles. The number of piperazine rings is 1. The summed E-state index contributed by atoms with van der Waals surface area (Å²) in [4.78, 5) is 24.6. The van der Waals surface area contributed by atoms with Crippen LogP contribution in [0.2, 0.25) is 0 Å². The van der Waals surface area contributed by atoms with E-state index in [1.54, 1.807) is 13.3 Å². The first-order chi connectivity index (χ1) is 17.2. The van der Waals surface area contributed by atoms with E-state index in [1.807, 2.05) is 47.4 Å². The summed E-state index contributed by atoms with van der Waals surface area (Å²) >= 11 is 0. The summed E-state index contributed by atoms with van der Waals surface area (Å²) in [7, 11) is 1.72. The van der Waals surface area contributed by atoms with Crippen LogP contribution in [0.15, 0.2) is 72.9 Å². The molecule has 1 aliphatic heterocycles. The maximum absolute atomic E-state index is 13.5. The monoisotopic (exact) mass is 472 g/mol. The van der Waals surface area contributed by atoms with Crippen LogP contribution in [0.5, 0.6) is 5.75 Å². The van der Waals surface area contributed by atoms with E-state index in [4.69, 9.17) is 4.74 Å². The summed E-state index contributed by atoms with van der Waals surface area (Å²) in [6.45, 7) is 7.33. The van der Waals surface area contributed by atoms with E-state index in [1.165, 1.54) is 12.0 Å². The summed E-state index contributed by atoms with van der Waals surface area (Å²) in [5.74, 6) is 1.60. The largest absolute Gasteiger partial charge is 0.495 e. The van der Waals surface area contributed by atoms with Gasteiger partial charge in [0.05, 0.1) is 12.8 Å². The van der Waals surface area contributed by atoms with Crippen molar-refractivity contribution >= 4 is 17.4 Å². The van der Waals surface area contributed by atoms with Crippen LogP contribution in [0, 0.1) is 0 Å². The number of hydrogen-bond acceptors (Lipinski definition) is 5. The Morgan fingerprint density at radius 3 is 2.40 bits per heavy atom. The van der Waals surface area contributed by atoms with Crippen molar-refractivity contribution in [2.24, 2.45) is 0 Å². The van der Waals surface area contributed by atoms with Gasteiger partial charge in [-0.2, -0.15) is 0 Å². The number of amides is 1. The van der Waals surface area contributed by atoms with Crippen LogP contribution in [0.1, 0.15) is 35.7 Å². The lowest BCUT2D eigenvalue weighted by atomic mass is 10.1. The molecule has 1 aromatic heterocycles. The fourth-order valence-electron chi connectivity index (χ4n) is 4.53. The Morgan fingerprint density at radius 1 is 0.971 bits per heavy atom. The lowest BCUT2D eigenvalue weighted by Gasteiger charge is -2.37. The third kappa shape index (κ3) is 6.40. The summed E-state index contributed by atoms with van der Waals surface area (Å²) in [6, 6.07) is 22.0. The van der Waals surface area contributed by atoms with E-state index in [0.29, 0.717) is 17.9 Å². The van der Waals surface area contributed by atoms with Crippen molar-refractivity contribution in [1.29, 1.82) is 0 Å². The number of rotatable bonds is 10. The number of hydrogen-bond donors (Lipinski definition) is 0. The molecule has 4 rings (SSSR count). The van der Waals surface area contributed by atoms with E-state index >= 15 is 0 Å². The van der Waals surface area contributed by atoms with Gasteiger partial charge >= 0.3 is 0 Å². The van der Waals surface area contributed by atoms with Gasteiger partial charge in [0.1, 0.15) is 11.6 Å². The van der Waals surface area contributed by atoms with Gasteiger partial charge in [0.25, 0.3) is 5.91 Å². The molecule has 0 saturated carbocycles. The maximum atomic E-state index is 13.5. The Bertz CT molecular complexity index is 1060. The minimum atomic E-state index is -0.00148. The average Bonchev–Trinajstić information content (AvgIpc) is 2.93. The number of ether oxygens (including phenoxy) is 1. The first-order valence-corrected chi connectivity index (χ1v) is 12.6. The van der Waals surface area contributed by atoms with Gasteiger partial charge in [-0.3, -0.25) is 14.6 Å². The van der Waals surface area contributed by atoms with Crippen molar-refractivity contribution < 1.29 is 9.53 Å². The van der Waals surface area contributed by atoms with E-state index in [0.717, 1.165) is 57.0 Å². The van der Waals surface area contributed by atoms with Gasteiger partial charge in [-0.15, -0.1) is 0 Å². The van der Waals surface area contributed by atoms with E-state index in [9.17, 15) is 4.79 Å². The van der Waals surface area contributed by atoms with Gasteiger partial charge in [0.15, 0.2) is 0 Å². The summed E-state index contributed by atoms with van der Waals surface area (Å²) in [6.07, 6.45) is 5.13. The number of unbranched alkanes of at least 4 members (excludes halogenated alkanes) is 1. The smallest absolute Gasteiger partial charge is 0.259 e. The predicted molar refractivity (Wildman–Crippen MR) is 143 cm³/mol. The normalized spacial score (nSPS) is 14.1. The number of pyridine rings is 1. The molecule has 0 aliphatic carbocycles.